The second-order valence-electron chi connectivity index (χ2n) is 4.23. The molecule has 84 valence electrons. The van der Waals surface area contributed by atoms with Crippen molar-refractivity contribution in [3.63, 3.8) is 0 Å². The van der Waals surface area contributed by atoms with E-state index in [9.17, 15) is 4.79 Å². The first-order valence-electron chi connectivity index (χ1n) is 5.57. The van der Waals surface area contributed by atoms with Crippen LogP contribution in [-0.4, -0.2) is 17.4 Å². The second-order valence-corrected chi connectivity index (χ2v) is 4.23. The Morgan fingerprint density at radius 3 is 2.93 bits per heavy atom. The van der Waals surface area contributed by atoms with E-state index in [-0.39, 0.29) is 5.91 Å². The predicted octanol–water partition coefficient (Wildman–Crippen LogP) is 2.11. The molecule has 1 heterocycles. The number of amides is 1. The summed E-state index contributed by atoms with van der Waals surface area (Å²) in [6.45, 7) is 5.11. The second kappa shape index (κ2) is 6.27. The minimum atomic E-state index is 0.144. The van der Waals surface area contributed by atoms with Crippen molar-refractivity contribution < 1.29 is 4.79 Å². The lowest BCUT2D eigenvalue weighted by Gasteiger charge is -2.06. The topological polar surface area (TPSA) is 44.9 Å². The van der Waals surface area contributed by atoms with Crippen LogP contribution < -0.4 is 5.32 Å². The zero-order valence-electron chi connectivity index (χ0n) is 9.55. The molecular formula is C12H20N2O. The van der Waals surface area contributed by atoms with Crippen molar-refractivity contribution >= 4 is 5.91 Å². The number of carbonyl (C=O) groups excluding carboxylic acids is 1. The number of aromatic nitrogens is 1. The fraction of sp³-hybridized carbons (Fsp3) is 0.583. The van der Waals surface area contributed by atoms with Gasteiger partial charge in [0.25, 0.3) is 0 Å². The van der Waals surface area contributed by atoms with Crippen LogP contribution in [0, 0.1) is 5.92 Å². The summed E-state index contributed by atoms with van der Waals surface area (Å²) in [7, 11) is 0. The molecule has 0 radical (unpaired) electrons. The monoisotopic (exact) mass is 208 g/mol. The lowest BCUT2D eigenvalue weighted by molar-refractivity contribution is -0.121. The van der Waals surface area contributed by atoms with E-state index in [1.807, 2.05) is 18.3 Å². The first kappa shape index (κ1) is 11.8. The van der Waals surface area contributed by atoms with Crippen LogP contribution in [0.15, 0.2) is 18.3 Å². The van der Waals surface area contributed by atoms with Crippen LogP contribution in [0.1, 0.15) is 32.4 Å². The van der Waals surface area contributed by atoms with Crippen molar-refractivity contribution in [3.8, 4) is 0 Å². The number of rotatable bonds is 6. The van der Waals surface area contributed by atoms with Gasteiger partial charge in [-0.3, -0.25) is 4.79 Å². The average molecular weight is 208 g/mol. The van der Waals surface area contributed by atoms with Gasteiger partial charge in [0.15, 0.2) is 0 Å². The van der Waals surface area contributed by atoms with Crippen LogP contribution in [0.4, 0.5) is 0 Å². The average Bonchev–Trinajstić information content (AvgIpc) is 2.66. The van der Waals surface area contributed by atoms with Crippen molar-refractivity contribution in [1.82, 2.24) is 10.3 Å². The van der Waals surface area contributed by atoms with Crippen LogP contribution in [-0.2, 0) is 11.2 Å². The standard InChI is InChI=1S/C12H20N2O/c1-10(2)7-9-14-12(15)6-5-11-4-3-8-13-11/h3-4,8,10,13H,5-7,9H2,1-2H3,(H,14,15). The molecule has 3 nitrogen and oxygen atoms in total. The summed E-state index contributed by atoms with van der Waals surface area (Å²) < 4.78 is 0. The summed E-state index contributed by atoms with van der Waals surface area (Å²) >= 11 is 0. The fourth-order valence-corrected chi connectivity index (χ4v) is 1.36. The first-order chi connectivity index (χ1) is 7.18. The molecule has 1 aromatic rings. The van der Waals surface area contributed by atoms with Gasteiger partial charge in [-0.05, 0) is 30.9 Å². The van der Waals surface area contributed by atoms with Gasteiger partial charge in [0, 0.05) is 24.9 Å². The lowest BCUT2D eigenvalue weighted by Crippen LogP contribution is -2.25. The van der Waals surface area contributed by atoms with Gasteiger partial charge in [-0.2, -0.15) is 0 Å². The maximum absolute atomic E-state index is 11.4. The van der Waals surface area contributed by atoms with Crippen LogP contribution in [0.25, 0.3) is 0 Å². The van der Waals surface area contributed by atoms with Crippen LogP contribution in [0.2, 0.25) is 0 Å². The summed E-state index contributed by atoms with van der Waals surface area (Å²) in [6.07, 6.45) is 4.29. The van der Waals surface area contributed by atoms with Crippen molar-refractivity contribution in [2.45, 2.75) is 33.1 Å². The first-order valence-corrected chi connectivity index (χ1v) is 5.57. The Bertz CT molecular complexity index is 278. The zero-order chi connectivity index (χ0) is 11.1. The molecule has 0 bridgehead atoms. The van der Waals surface area contributed by atoms with Crippen LogP contribution in [0.3, 0.4) is 0 Å². The molecule has 2 N–H and O–H groups in total. The molecule has 3 heteroatoms. The minimum absolute atomic E-state index is 0.144. The van der Waals surface area contributed by atoms with Gasteiger partial charge in [-0.15, -0.1) is 0 Å². The van der Waals surface area contributed by atoms with Gasteiger partial charge >= 0.3 is 0 Å². The Labute approximate surface area is 91.3 Å². The largest absolute Gasteiger partial charge is 0.365 e. The predicted molar refractivity (Wildman–Crippen MR) is 61.6 cm³/mol. The molecule has 0 fully saturated rings. The van der Waals surface area contributed by atoms with E-state index in [1.165, 1.54) is 0 Å². The third kappa shape index (κ3) is 5.25. The molecule has 0 aliphatic heterocycles. The van der Waals surface area contributed by atoms with Crippen molar-refractivity contribution in [1.29, 1.82) is 0 Å². The van der Waals surface area contributed by atoms with Crippen molar-refractivity contribution in [2.75, 3.05) is 6.54 Å². The molecule has 0 aromatic carbocycles. The Morgan fingerprint density at radius 1 is 1.53 bits per heavy atom. The summed E-state index contributed by atoms with van der Waals surface area (Å²) in [4.78, 5) is 14.5. The third-order valence-corrected chi connectivity index (χ3v) is 2.33. The SMILES string of the molecule is CC(C)CCNC(=O)CCc1ccc[nH]1. The highest BCUT2D eigenvalue weighted by Crippen LogP contribution is 2.00. The Balaban J connectivity index is 2.09. The molecule has 0 saturated carbocycles. The van der Waals surface area contributed by atoms with E-state index in [0.717, 1.165) is 25.1 Å². The van der Waals surface area contributed by atoms with E-state index in [1.54, 1.807) is 0 Å². The molecule has 0 saturated heterocycles. The van der Waals surface area contributed by atoms with Crippen LogP contribution >= 0.6 is 0 Å². The number of hydrogen-bond acceptors (Lipinski definition) is 1. The van der Waals surface area contributed by atoms with E-state index in [2.05, 4.69) is 24.1 Å². The summed E-state index contributed by atoms with van der Waals surface area (Å²) in [5.41, 5.74) is 1.12. The van der Waals surface area contributed by atoms with Crippen molar-refractivity contribution in [3.05, 3.63) is 24.0 Å². The number of nitrogens with one attached hydrogen (secondary N) is 2. The third-order valence-electron chi connectivity index (χ3n) is 2.33. The highest BCUT2D eigenvalue weighted by molar-refractivity contribution is 5.76. The molecule has 15 heavy (non-hydrogen) atoms. The number of aryl methyl sites for hydroxylation is 1. The molecule has 1 amide bonds. The van der Waals surface area contributed by atoms with E-state index in [4.69, 9.17) is 0 Å². The summed E-state index contributed by atoms with van der Waals surface area (Å²) in [5.74, 6) is 0.791. The van der Waals surface area contributed by atoms with Gasteiger partial charge in [-0.1, -0.05) is 13.8 Å². The maximum Gasteiger partial charge on any atom is 0.220 e. The minimum Gasteiger partial charge on any atom is -0.365 e. The van der Waals surface area contributed by atoms with Crippen molar-refractivity contribution in [2.24, 2.45) is 5.92 Å². The quantitative estimate of drug-likeness (QED) is 0.739. The summed E-state index contributed by atoms with van der Waals surface area (Å²) in [6, 6.07) is 3.95. The molecule has 1 rings (SSSR count). The number of H-pyrrole nitrogens is 1. The number of carbonyl (C=O) groups is 1. The Hall–Kier alpha value is -1.25. The highest BCUT2D eigenvalue weighted by Gasteiger charge is 2.02. The van der Waals surface area contributed by atoms with E-state index in [0.29, 0.717) is 12.3 Å². The van der Waals surface area contributed by atoms with E-state index < -0.39 is 0 Å². The number of hydrogen-bond donors (Lipinski definition) is 2. The van der Waals surface area contributed by atoms with Gasteiger partial charge in [0.2, 0.25) is 5.91 Å². The Kier molecular flexibility index (Phi) is 4.95. The fourth-order valence-electron chi connectivity index (χ4n) is 1.36. The Morgan fingerprint density at radius 2 is 2.33 bits per heavy atom. The molecule has 1 aromatic heterocycles. The van der Waals surface area contributed by atoms with Gasteiger partial charge in [-0.25, -0.2) is 0 Å². The van der Waals surface area contributed by atoms with Gasteiger partial charge < -0.3 is 10.3 Å². The molecule has 0 aliphatic rings. The smallest absolute Gasteiger partial charge is 0.220 e. The molecule has 0 atom stereocenters. The highest BCUT2D eigenvalue weighted by atomic mass is 16.1. The van der Waals surface area contributed by atoms with E-state index >= 15 is 0 Å². The molecule has 0 spiro atoms. The normalized spacial score (nSPS) is 10.6. The van der Waals surface area contributed by atoms with Gasteiger partial charge in [0.05, 0.1) is 0 Å². The molecule has 0 aliphatic carbocycles. The number of aromatic amines is 1. The van der Waals surface area contributed by atoms with Gasteiger partial charge in [0.1, 0.15) is 0 Å². The van der Waals surface area contributed by atoms with Crippen LogP contribution in [0.5, 0.6) is 0 Å². The summed E-state index contributed by atoms with van der Waals surface area (Å²) in [5, 5.41) is 2.92. The zero-order valence-corrected chi connectivity index (χ0v) is 9.55. The lowest BCUT2D eigenvalue weighted by atomic mass is 10.1. The molecular weight excluding hydrogens is 188 g/mol. The maximum atomic E-state index is 11.4. The molecule has 0 unspecified atom stereocenters.